The van der Waals surface area contributed by atoms with Crippen LogP contribution in [0.2, 0.25) is 0 Å². The molecule has 3 rings (SSSR count). The Hall–Kier alpha value is -1.20. The van der Waals surface area contributed by atoms with Crippen molar-refractivity contribution in [2.75, 3.05) is 23.0 Å². The molecule has 0 aliphatic carbocycles. The summed E-state index contributed by atoms with van der Waals surface area (Å²) in [4.78, 5) is 9.12. The second kappa shape index (κ2) is 5.84. The largest absolute Gasteiger partial charge is 0.384 e. The van der Waals surface area contributed by atoms with Crippen LogP contribution in [0.1, 0.15) is 11.1 Å². The molecule has 19 heavy (non-hydrogen) atoms. The molecule has 98 valence electrons. The number of nitrogen functional groups attached to an aromatic ring is 1. The summed E-state index contributed by atoms with van der Waals surface area (Å²) in [6, 6.07) is 12.0. The maximum Gasteiger partial charge on any atom is 0.145 e. The van der Waals surface area contributed by atoms with Gasteiger partial charge in [0.25, 0.3) is 0 Å². The second-order valence-electron chi connectivity index (χ2n) is 4.34. The molecule has 2 N–H and O–H groups in total. The van der Waals surface area contributed by atoms with E-state index in [-0.39, 0.29) is 0 Å². The summed E-state index contributed by atoms with van der Waals surface area (Å²) in [6.45, 7) is 0. The average Bonchev–Trinajstić information content (AvgIpc) is 2.48. The number of thioether (sulfide) groups is 2. The maximum atomic E-state index is 5.94. The molecule has 1 aromatic heterocycles. The van der Waals surface area contributed by atoms with Gasteiger partial charge in [0.2, 0.25) is 0 Å². The number of nitrogens with two attached hydrogens (primary N) is 1. The normalized spacial score (nSPS) is 19.3. The third kappa shape index (κ3) is 3.04. The summed E-state index contributed by atoms with van der Waals surface area (Å²) >= 11 is 3.89. The lowest BCUT2D eigenvalue weighted by atomic mass is 10.1. The van der Waals surface area contributed by atoms with E-state index in [0.717, 1.165) is 28.6 Å². The fourth-order valence-electron chi connectivity index (χ4n) is 2.02. The van der Waals surface area contributed by atoms with Crippen molar-refractivity contribution in [2.45, 2.75) is 5.25 Å². The van der Waals surface area contributed by atoms with Crippen LogP contribution >= 0.6 is 23.5 Å². The van der Waals surface area contributed by atoms with E-state index in [2.05, 4.69) is 4.98 Å². The zero-order valence-electron chi connectivity index (χ0n) is 10.5. The minimum absolute atomic E-state index is 0.365. The fourth-order valence-corrected chi connectivity index (χ4v) is 4.62. The van der Waals surface area contributed by atoms with Crippen LogP contribution in [0, 0.1) is 0 Å². The highest BCUT2D eigenvalue weighted by atomic mass is 32.2. The first-order valence-corrected chi connectivity index (χ1v) is 8.42. The molecule has 1 saturated heterocycles. The minimum atomic E-state index is 0.365. The molecule has 1 unspecified atom stereocenters. The van der Waals surface area contributed by atoms with Gasteiger partial charge >= 0.3 is 0 Å². The van der Waals surface area contributed by atoms with E-state index in [0.29, 0.717) is 11.1 Å². The lowest BCUT2D eigenvalue weighted by molar-refractivity contribution is 0.932. The Bertz CT molecular complexity index is 554. The number of hydrogen-bond acceptors (Lipinski definition) is 5. The number of hydrogen-bond donors (Lipinski definition) is 1. The molecule has 0 bridgehead atoms. The van der Waals surface area contributed by atoms with Gasteiger partial charge in [-0.2, -0.15) is 11.8 Å². The van der Waals surface area contributed by atoms with E-state index in [1.807, 2.05) is 59.9 Å². The zero-order chi connectivity index (χ0) is 13.1. The first-order chi connectivity index (χ1) is 9.33. The summed E-state index contributed by atoms with van der Waals surface area (Å²) in [7, 11) is 0. The molecule has 0 saturated carbocycles. The number of nitrogens with zero attached hydrogens (tertiary/aromatic N) is 2. The van der Waals surface area contributed by atoms with Crippen LogP contribution < -0.4 is 5.73 Å². The standard InChI is InChI=1S/C14H15N3S2/c15-13-8-11(10-4-2-1-3-5-10)16-14(17-13)12-9-18-6-7-19-12/h1-5,8,12H,6-7,9H2,(H2,15,16,17). The van der Waals surface area contributed by atoms with Gasteiger partial charge in [0.1, 0.15) is 11.6 Å². The van der Waals surface area contributed by atoms with Crippen LogP contribution in [0.3, 0.4) is 0 Å². The minimum Gasteiger partial charge on any atom is -0.384 e. The van der Waals surface area contributed by atoms with Gasteiger partial charge < -0.3 is 5.73 Å². The van der Waals surface area contributed by atoms with Gasteiger partial charge in [-0.1, -0.05) is 30.3 Å². The van der Waals surface area contributed by atoms with Crippen LogP contribution in [0.5, 0.6) is 0 Å². The highest BCUT2D eigenvalue weighted by Gasteiger charge is 2.20. The lowest BCUT2D eigenvalue weighted by Gasteiger charge is -2.20. The van der Waals surface area contributed by atoms with Crippen molar-refractivity contribution < 1.29 is 0 Å². The Morgan fingerprint density at radius 1 is 1.11 bits per heavy atom. The fraction of sp³-hybridized carbons (Fsp3) is 0.286. The maximum absolute atomic E-state index is 5.94. The Morgan fingerprint density at radius 2 is 1.95 bits per heavy atom. The molecule has 2 aromatic rings. The summed E-state index contributed by atoms with van der Waals surface area (Å²) < 4.78 is 0. The molecule has 0 amide bonds. The van der Waals surface area contributed by atoms with Crippen LogP contribution in [0.4, 0.5) is 5.82 Å². The van der Waals surface area contributed by atoms with E-state index in [1.54, 1.807) is 0 Å². The third-order valence-corrected chi connectivity index (χ3v) is 5.69. The molecule has 2 heterocycles. The molecule has 3 nitrogen and oxygen atoms in total. The average molecular weight is 289 g/mol. The number of aromatic nitrogens is 2. The summed E-state index contributed by atoms with van der Waals surface area (Å²) in [5.74, 6) is 4.88. The van der Waals surface area contributed by atoms with Gasteiger partial charge in [-0.3, -0.25) is 0 Å². The number of rotatable bonds is 2. The monoisotopic (exact) mass is 289 g/mol. The van der Waals surface area contributed by atoms with E-state index >= 15 is 0 Å². The second-order valence-corrected chi connectivity index (χ2v) is 6.80. The van der Waals surface area contributed by atoms with Gasteiger partial charge in [-0.15, -0.1) is 11.8 Å². The van der Waals surface area contributed by atoms with Gasteiger partial charge in [-0.05, 0) is 0 Å². The topological polar surface area (TPSA) is 51.8 Å². The van der Waals surface area contributed by atoms with E-state index < -0.39 is 0 Å². The number of benzene rings is 1. The highest BCUT2D eigenvalue weighted by molar-refractivity contribution is 8.06. The molecule has 5 heteroatoms. The van der Waals surface area contributed by atoms with Crippen LogP contribution in [-0.2, 0) is 0 Å². The summed E-state index contributed by atoms with van der Waals surface area (Å²) in [6.07, 6.45) is 0. The first-order valence-electron chi connectivity index (χ1n) is 6.22. The summed E-state index contributed by atoms with van der Waals surface area (Å²) in [5, 5.41) is 0.365. The molecule has 0 spiro atoms. The van der Waals surface area contributed by atoms with Crippen LogP contribution in [-0.4, -0.2) is 27.2 Å². The molecule has 1 fully saturated rings. The van der Waals surface area contributed by atoms with Crippen LogP contribution in [0.15, 0.2) is 36.4 Å². The molecule has 1 aliphatic heterocycles. The number of anilines is 1. The van der Waals surface area contributed by atoms with E-state index in [4.69, 9.17) is 10.7 Å². The Balaban J connectivity index is 1.96. The molecule has 1 aliphatic rings. The zero-order valence-corrected chi connectivity index (χ0v) is 12.1. The molecule has 0 radical (unpaired) electrons. The van der Waals surface area contributed by atoms with Gasteiger partial charge in [0.15, 0.2) is 0 Å². The predicted molar refractivity (Wildman–Crippen MR) is 84.4 cm³/mol. The van der Waals surface area contributed by atoms with Crippen molar-refractivity contribution in [3.05, 3.63) is 42.2 Å². The van der Waals surface area contributed by atoms with Crippen molar-refractivity contribution in [3.8, 4) is 11.3 Å². The first kappa shape index (κ1) is 12.8. The van der Waals surface area contributed by atoms with Crippen molar-refractivity contribution in [1.82, 2.24) is 9.97 Å². The Morgan fingerprint density at radius 3 is 2.68 bits per heavy atom. The van der Waals surface area contributed by atoms with E-state index in [9.17, 15) is 0 Å². The van der Waals surface area contributed by atoms with Gasteiger partial charge in [0, 0.05) is 28.9 Å². The van der Waals surface area contributed by atoms with Crippen molar-refractivity contribution in [2.24, 2.45) is 0 Å². The molecular weight excluding hydrogens is 274 g/mol. The van der Waals surface area contributed by atoms with Crippen molar-refractivity contribution in [1.29, 1.82) is 0 Å². The van der Waals surface area contributed by atoms with Crippen LogP contribution in [0.25, 0.3) is 11.3 Å². The smallest absolute Gasteiger partial charge is 0.145 e. The quantitative estimate of drug-likeness (QED) is 0.919. The lowest BCUT2D eigenvalue weighted by Crippen LogP contribution is -2.11. The Kier molecular flexibility index (Phi) is 3.94. The highest BCUT2D eigenvalue weighted by Crippen LogP contribution is 2.36. The molecule has 1 aromatic carbocycles. The predicted octanol–water partition coefficient (Wildman–Crippen LogP) is 3.25. The van der Waals surface area contributed by atoms with Crippen molar-refractivity contribution in [3.63, 3.8) is 0 Å². The Labute approximate surface area is 121 Å². The molecular formula is C14H15N3S2. The van der Waals surface area contributed by atoms with Crippen molar-refractivity contribution >= 4 is 29.3 Å². The molecule has 1 atom stereocenters. The third-order valence-electron chi connectivity index (χ3n) is 2.94. The summed E-state index contributed by atoms with van der Waals surface area (Å²) in [5.41, 5.74) is 7.94. The SMILES string of the molecule is Nc1cc(-c2ccccc2)nc(C2CSCCS2)n1. The van der Waals surface area contributed by atoms with Gasteiger partial charge in [0.05, 0.1) is 10.9 Å². The van der Waals surface area contributed by atoms with E-state index in [1.165, 1.54) is 5.75 Å². The van der Waals surface area contributed by atoms with Gasteiger partial charge in [-0.25, -0.2) is 9.97 Å².